The molecule has 0 aliphatic carbocycles. The molecule has 3 rings (SSSR count). The predicted octanol–water partition coefficient (Wildman–Crippen LogP) is 3.43. The van der Waals surface area contributed by atoms with Crippen molar-refractivity contribution in [1.29, 1.82) is 0 Å². The molecule has 106 valence electrons. The zero-order valence-electron chi connectivity index (χ0n) is 11.8. The van der Waals surface area contributed by atoms with Crippen molar-refractivity contribution < 1.29 is 9.18 Å². The number of carbonyl (C=O) groups excluding carboxylic acids is 1. The third-order valence-corrected chi connectivity index (χ3v) is 3.97. The molecule has 1 saturated heterocycles. The number of likely N-dealkylation sites (tertiary alicyclic amines) is 1. The molecule has 1 aromatic heterocycles. The molecule has 0 radical (unpaired) electrons. The van der Waals surface area contributed by atoms with Gasteiger partial charge in [0.1, 0.15) is 11.5 Å². The summed E-state index contributed by atoms with van der Waals surface area (Å²) in [7, 11) is 0. The largest absolute Gasteiger partial charge is 0.351 e. The van der Waals surface area contributed by atoms with Crippen LogP contribution in [-0.2, 0) is 0 Å². The monoisotopic (exact) mass is 274 g/mol. The molecule has 1 N–H and O–H groups in total. The van der Waals surface area contributed by atoms with E-state index in [4.69, 9.17) is 0 Å². The van der Waals surface area contributed by atoms with Crippen LogP contribution in [0.4, 0.5) is 4.39 Å². The van der Waals surface area contributed by atoms with E-state index in [1.807, 2.05) is 4.90 Å². The zero-order valence-corrected chi connectivity index (χ0v) is 11.8. The van der Waals surface area contributed by atoms with Crippen LogP contribution in [0.5, 0.6) is 0 Å². The maximum Gasteiger partial charge on any atom is 0.270 e. The van der Waals surface area contributed by atoms with Crippen molar-refractivity contribution >= 4 is 16.8 Å². The molecule has 2 atom stereocenters. The van der Waals surface area contributed by atoms with E-state index in [-0.39, 0.29) is 11.7 Å². The molecule has 0 unspecified atom stereocenters. The van der Waals surface area contributed by atoms with Crippen LogP contribution in [0.15, 0.2) is 24.3 Å². The van der Waals surface area contributed by atoms with Crippen LogP contribution in [0, 0.1) is 17.7 Å². The summed E-state index contributed by atoms with van der Waals surface area (Å²) in [5, 5.41) is 0.742. The molecule has 3 nitrogen and oxygen atoms in total. The number of aromatic nitrogens is 1. The number of halogens is 1. The van der Waals surface area contributed by atoms with E-state index in [1.165, 1.54) is 18.6 Å². The van der Waals surface area contributed by atoms with E-state index in [9.17, 15) is 9.18 Å². The van der Waals surface area contributed by atoms with E-state index < -0.39 is 0 Å². The molecular weight excluding hydrogens is 255 g/mol. The van der Waals surface area contributed by atoms with E-state index >= 15 is 0 Å². The van der Waals surface area contributed by atoms with Gasteiger partial charge in [0, 0.05) is 24.0 Å². The van der Waals surface area contributed by atoms with Gasteiger partial charge in [-0.2, -0.15) is 0 Å². The summed E-state index contributed by atoms with van der Waals surface area (Å²) in [6, 6.07) is 6.26. The number of benzene rings is 1. The van der Waals surface area contributed by atoms with E-state index in [0.717, 1.165) is 24.0 Å². The van der Waals surface area contributed by atoms with Crippen LogP contribution in [-0.4, -0.2) is 28.9 Å². The number of carbonyl (C=O) groups is 1. The van der Waals surface area contributed by atoms with Gasteiger partial charge < -0.3 is 9.88 Å². The normalized spacial score (nSPS) is 23.2. The molecule has 1 fully saturated rings. The molecular formula is C16H19FN2O. The molecule has 0 saturated carbocycles. The summed E-state index contributed by atoms with van der Waals surface area (Å²) < 4.78 is 13.2. The quantitative estimate of drug-likeness (QED) is 0.849. The average Bonchev–Trinajstić information content (AvgIpc) is 2.79. The topological polar surface area (TPSA) is 36.1 Å². The fourth-order valence-electron chi connectivity index (χ4n) is 3.22. The standard InChI is InChI=1S/C16H19FN2O/c1-10-5-11(2)9-19(8-10)16(20)15-7-12-6-13(17)3-4-14(12)18-15/h3-4,6-7,10-11,18H,5,8-9H2,1-2H3/t10-,11-/m1/s1. The third-order valence-electron chi connectivity index (χ3n) is 3.97. The van der Waals surface area contributed by atoms with Crippen molar-refractivity contribution in [3.05, 3.63) is 35.8 Å². The fourth-order valence-corrected chi connectivity index (χ4v) is 3.22. The summed E-state index contributed by atoms with van der Waals surface area (Å²) >= 11 is 0. The Morgan fingerprint density at radius 3 is 2.65 bits per heavy atom. The van der Waals surface area contributed by atoms with Gasteiger partial charge in [0.05, 0.1) is 0 Å². The minimum atomic E-state index is -0.282. The third kappa shape index (κ3) is 2.42. The molecule has 20 heavy (non-hydrogen) atoms. The van der Waals surface area contributed by atoms with Gasteiger partial charge >= 0.3 is 0 Å². The molecule has 1 aliphatic rings. The van der Waals surface area contributed by atoms with E-state index in [1.54, 1.807) is 12.1 Å². The van der Waals surface area contributed by atoms with Crippen LogP contribution >= 0.6 is 0 Å². The number of nitrogens with one attached hydrogen (secondary N) is 1. The first-order valence-corrected chi connectivity index (χ1v) is 7.10. The lowest BCUT2D eigenvalue weighted by Crippen LogP contribution is -2.42. The first kappa shape index (κ1) is 13.2. The van der Waals surface area contributed by atoms with Crippen molar-refractivity contribution in [3.8, 4) is 0 Å². The van der Waals surface area contributed by atoms with Crippen molar-refractivity contribution in [3.63, 3.8) is 0 Å². The lowest BCUT2D eigenvalue weighted by Gasteiger charge is -2.34. The van der Waals surface area contributed by atoms with Crippen LogP contribution < -0.4 is 0 Å². The van der Waals surface area contributed by atoms with Gasteiger partial charge in [-0.05, 0) is 42.5 Å². The minimum Gasteiger partial charge on any atom is -0.351 e. The van der Waals surface area contributed by atoms with Crippen molar-refractivity contribution in [1.82, 2.24) is 9.88 Å². The maximum absolute atomic E-state index is 13.2. The van der Waals surface area contributed by atoms with Gasteiger partial charge in [-0.1, -0.05) is 13.8 Å². The number of hydrogen-bond donors (Lipinski definition) is 1. The van der Waals surface area contributed by atoms with Crippen LogP contribution in [0.2, 0.25) is 0 Å². The number of piperidine rings is 1. The Morgan fingerprint density at radius 1 is 1.25 bits per heavy atom. The van der Waals surface area contributed by atoms with Crippen LogP contribution in [0.1, 0.15) is 30.8 Å². The van der Waals surface area contributed by atoms with Crippen LogP contribution in [0.25, 0.3) is 10.9 Å². The number of rotatable bonds is 1. The number of fused-ring (bicyclic) bond motifs is 1. The Labute approximate surface area is 117 Å². The Bertz CT molecular complexity index is 639. The zero-order chi connectivity index (χ0) is 14.3. The lowest BCUT2D eigenvalue weighted by molar-refractivity contribution is 0.0618. The highest BCUT2D eigenvalue weighted by atomic mass is 19.1. The molecule has 2 aromatic rings. The molecule has 1 amide bonds. The highest BCUT2D eigenvalue weighted by molar-refractivity contribution is 5.98. The number of nitrogens with zero attached hydrogens (tertiary/aromatic N) is 1. The number of amides is 1. The van der Waals surface area contributed by atoms with Gasteiger partial charge in [-0.25, -0.2) is 4.39 Å². The predicted molar refractivity (Wildman–Crippen MR) is 77.1 cm³/mol. The van der Waals surface area contributed by atoms with E-state index in [2.05, 4.69) is 18.8 Å². The second kappa shape index (κ2) is 4.93. The highest BCUT2D eigenvalue weighted by Crippen LogP contribution is 2.24. The molecule has 0 spiro atoms. The summed E-state index contributed by atoms with van der Waals surface area (Å²) in [5.74, 6) is 0.796. The molecule has 1 aliphatic heterocycles. The Morgan fingerprint density at radius 2 is 1.95 bits per heavy atom. The number of hydrogen-bond acceptors (Lipinski definition) is 1. The molecule has 0 bridgehead atoms. The van der Waals surface area contributed by atoms with E-state index in [0.29, 0.717) is 17.5 Å². The van der Waals surface area contributed by atoms with Crippen molar-refractivity contribution in [2.45, 2.75) is 20.3 Å². The van der Waals surface area contributed by atoms with Gasteiger partial charge in [-0.15, -0.1) is 0 Å². The summed E-state index contributed by atoms with van der Waals surface area (Å²) in [6.45, 7) is 5.95. The molecule has 2 heterocycles. The Kier molecular flexibility index (Phi) is 3.24. The van der Waals surface area contributed by atoms with Crippen molar-refractivity contribution in [2.75, 3.05) is 13.1 Å². The maximum atomic E-state index is 13.2. The second-order valence-electron chi connectivity index (χ2n) is 6.07. The summed E-state index contributed by atoms with van der Waals surface area (Å²) in [4.78, 5) is 17.5. The lowest BCUT2D eigenvalue weighted by atomic mass is 9.92. The van der Waals surface area contributed by atoms with Gasteiger partial charge in [-0.3, -0.25) is 4.79 Å². The summed E-state index contributed by atoms with van der Waals surface area (Å²) in [6.07, 6.45) is 1.17. The minimum absolute atomic E-state index is 0.0139. The van der Waals surface area contributed by atoms with Gasteiger partial charge in [0.25, 0.3) is 5.91 Å². The van der Waals surface area contributed by atoms with Gasteiger partial charge in [0.15, 0.2) is 0 Å². The SMILES string of the molecule is C[C@@H]1C[C@@H](C)CN(C(=O)c2cc3cc(F)ccc3[nH]2)C1. The summed E-state index contributed by atoms with van der Waals surface area (Å²) in [5.41, 5.74) is 1.35. The Hall–Kier alpha value is -1.84. The second-order valence-corrected chi connectivity index (χ2v) is 6.07. The molecule has 1 aromatic carbocycles. The fraction of sp³-hybridized carbons (Fsp3) is 0.438. The smallest absolute Gasteiger partial charge is 0.270 e. The first-order valence-electron chi connectivity index (χ1n) is 7.10. The van der Waals surface area contributed by atoms with Crippen LogP contribution in [0.3, 0.4) is 0 Å². The highest BCUT2D eigenvalue weighted by Gasteiger charge is 2.26. The van der Waals surface area contributed by atoms with Crippen molar-refractivity contribution in [2.24, 2.45) is 11.8 Å². The first-order chi connectivity index (χ1) is 9.52. The number of H-pyrrole nitrogens is 1. The number of aromatic amines is 1. The van der Waals surface area contributed by atoms with Gasteiger partial charge in [0.2, 0.25) is 0 Å². The molecule has 4 heteroatoms. The average molecular weight is 274 g/mol. The Balaban J connectivity index is 1.88.